The number of amides is 2. The van der Waals surface area contributed by atoms with Crippen LogP contribution in [0.15, 0.2) is 67.3 Å². The van der Waals surface area contributed by atoms with Crippen molar-refractivity contribution in [2.45, 2.75) is 18.9 Å². The molecular weight excluding hydrogens is 388 g/mol. The fraction of sp³-hybridized carbons (Fsp3) is 0.360. The lowest BCUT2D eigenvalue weighted by Gasteiger charge is -2.41. The van der Waals surface area contributed by atoms with Gasteiger partial charge >= 0.3 is 0 Å². The van der Waals surface area contributed by atoms with Crippen molar-refractivity contribution < 1.29 is 9.59 Å². The Morgan fingerprint density at radius 1 is 1.10 bits per heavy atom. The van der Waals surface area contributed by atoms with Gasteiger partial charge in [-0.2, -0.15) is 0 Å². The minimum Gasteiger partial charge on any atom is -0.312 e. The molecule has 3 heterocycles. The van der Waals surface area contributed by atoms with Crippen LogP contribution in [0.2, 0.25) is 0 Å². The summed E-state index contributed by atoms with van der Waals surface area (Å²) in [4.78, 5) is 31.3. The van der Waals surface area contributed by atoms with Gasteiger partial charge in [0.2, 0.25) is 11.8 Å². The number of aryl methyl sites for hydroxylation is 1. The molecule has 2 aromatic rings. The van der Waals surface area contributed by atoms with E-state index in [1.807, 2.05) is 59.5 Å². The normalized spacial score (nSPS) is 25.8. The monoisotopic (exact) mass is 416 g/mol. The summed E-state index contributed by atoms with van der Waals surface area (Å²) in [5.74, 6) is -0.432. The average molecular weight is 417 g/mol. The van der Waals surface area contributed by atoms with Crippen molar-refractivity contribution in [1.82, 2.24) is 10.3 Å². The van der Waals surface area contributed by atoms with Crippen molar-refractivity contribution in [1.29, 1.82) is 0 Å². The first-order chi connectivity index (χ1) is 15.2. The van der Waals surface area contributed by atoms with Gasteiger partial charge in [-0.25, -0.2) is 10.4 Å². The molecule has 6 nitrogen and oxygen atoms in total. The van der Waals surface area contributed by atoms with E-state index in [0.717, 1.165) is 30.8 Å². The molecule has 3 aliphatic rings. The van der Waals surface area contributed by atoms with Gasteiger partial charge in [-0.3, -0.25) is 14.5 Å². The van der Waals surface area contributed by atoms with Gasteiger partial charge in [-0.15, -0.1) is 6.58 Å². The zero-order chi connectivity index (χ0) is 21.4. The van der Waals surface area contributed by atoms with Gasteiger partial charge in [0.15, 0.2) is 0 Å². The lowest BCUT2D eigenvalue weighted by molar-refractivity contribution is -0.127. The second-order valence-corrected chi connectivity index (χ2v) is 8.61. The summed E-state index contributed by atoms with van der Waals surface area (Å²) >= 11 is 0. The minimum atomic E-state index is -0.303. The quantitative estimate of drug-likeness (QED) is 0.779. The predicted molar refractivity (Wildman–Crippen MR) is 122 cm³/mol. The summed E-state index contributed by atoms with van der Waals surface area (Å²) in [5.41, 5.74) is 6.45. The van der Waals surface area contributed by atoms with Crippen molar-refractivity contribution in [2.75, 3.05) is 36.1 Å². The van der Waals surface area contributed by atoms with Crippen molar-refractivity contribution in [3.8, 4) is 0 Å². The van der Waals surface area contributed by atoms with E-state index >= 15 is 0 Å². The molecule has 6 heteroatoms. The van der Waals surface area contributed by atoms with Crippen LogP contribution in [0, 0.1) is 11.8 Å². The SMILES string of the molecule is C=CCN1CC(C(=O)N2CCCc3ccccc32)C2NN(c3ccccc3)C(=O)C2C1. The number of nitrogens with zero attached hydrogens (tertiary/aromatic N) is 3. The van der Waals surface area contributed by atoms with Crippen molar-refractivity contribution in [3.63, 3.8) is 0 Å². The molecule has 160 valence electrons. The van der Waals surface area contributed by atoms with Gasteiger partial charge in [0.25, 0.3) is 0 Å². The fourth-order valence-electron chi connectivity index (χ4n) is 5.23. The minimum absolute atomic E-state index is 0.0295. The molecule has 0 spiro atoms. The highest BCUT2D eigenvalue weighted by molar-refractivity contribution is 6.01. The van der Waals surface area contributed by atoms with Gasteiger partial charge in [-0.1, -0.05) is 42.5 Å². The van der Waals surface area contributed by atoms with Crippen LogP contribution in [0.25, 0.3) is 0 Å². The molecule has 2 amide bonds. The van der Waals surface area contributed by atoms with E-state index in [2.05, 4.69) is 23.0 Å². The first-order valence-electron chi connectivity index (χ1n) is 11.0. The Hall–Kier alpha value is -2.96. The third kappa shape index (κ3) is 3.56. The third-order valence-corrected chi connectivity index (χ3v) is 6.69. The smallest absolute Gasteiger partial charge is 0.247 e. The number of benzene rings is 2. The Labute approximate surface area is 183 Å². The molecule has 2 fully saturated rings. The van der Waals surface area contributed by atoms with Crippen LogP contribution in [0.1, 0.15) is 12.0 Å². The Bertz CT molecular complexity index is 992. The van der Waals surface area contributed by atoms with E-state index in [4.69, 9.17) is 0 Å². The summed E-state index contributed by atoms with van der Waals surface area (Å²) in [6, 6.07) is 17.6. The molecule has 0 saturated carbocycles. The lowest BCUT2D eigenvalue weighted by atomic mass is 9.83. The summed E-state index contributed by atoms with van der Waals surface area (Å²) in [7, 11) is 0. The van der Waals surface area contributed by atoms with E-state index in [1.54, 1.807) is 5.01 Å². The maximum atomic E-state index is 13.9. The molecule has 0 bridgehead atoms. The number of likely N-dealkylation sites (tertiary alicyclic amines) is 1. The number of hydrazine groups is 1. The second kappa shape index (κ2) is 8.29. The lowest BCUT2D eigenvalue weighted by Crippen LogP contribution is -2.58. The number of piperidine rings is 1. The van der Waals surface area contributed by atoms with Crippen LogP contribution in [0.4, 0.5) is 11.4 Å². The van der Waals surface area contributed by atoms with Gasteiger partial charge in [0.05, 0.1) is 23.6 Å². The maximum Gasteiger partial charge on any atom is 0.247 e. The van der Waals surface area contributed by atoms with E-state index < -0.39 is 0 Å². The molecule has 0 radical (unpaired) electrons. The topological polar surface area (TPSA) is 55.9 Å². The van der Waals surface area contributed by atoms with E-state index in [0.29, 0.717) is 19.6 Å². The number of fused-ring (bicyclic) bond motifs is 2. The molecule has 3 aliphatic heterocycles. The Morgan fingerprint density at radius 2 is 1.87 bits per heavy atom. The van der Waals surface area contributed by atoms with Crippen LogP contribution in [0.3, 0.4) is 0 Å². The molecule has 0 aromatic heterocycles. The zero-order valence-corrected chi connectivity index (χ0v) is 17.6. The molecule has 5 rings (SSSR count). The first-order valence-corrected chi connectivity index (χ1v) is 11.0. The fourth-order valence-corrected chi connectivity index (χ4v) is 5.23. The van der Waals surface area contributed by atoms with Crippen LogP contribution in [-0.4, -0.2) is 48.9 Å². The van der Waals surface area contributed by atoms with E-state index in [1.165, 1.54) is 5.56 Å². The summed E-state index contributed by atoms with van der Waals surface area (Å²) < 4.78 is 0. The summed E-state index contributed by atoms with van der Waals surface area (Å²) in [5, 5.41) is 1.64. The number of carbonyl (C=O) groups excluding carboxylic acids is 2. The number of nitrogens with one attached hydrogen (secondary N) is 1. The van der Waals surface area contributed by atoms with Gasteiger partial charge in [0.1, 0.15) is 0 Å². The van der Waals surface area contributed by atoms with Crippen molar-refractivity contribution in [2.24, 2.45) is 11.8 Å². The number of carbonyl (C=O) groups is 2. The molecule has 0 aliphatic carbocycles. The molecule has 2 aromatic carbocycles. The van der Waals surface area contributed by atoms with Crippen molar-refractivity contribution >= 4 is 23.2 Å². The summed E-state index contributed by atoms with van der Waals surface area (Å²) in [6.45, 7) is 6.51. The third-order valence-electron chi connectivity index (χ3n) is 6.69. The standard InChI is InChI=1S/C25H28N4O2/c1-2-14-27-16-20(24(30)28-15-8-10-18-9-6-7-13-22(18)28)23-21(17-27)25(31)29(26-23)19-11-4-3-5-12-19/h2-7,9,11-13,20-21,23,26H,1,8,10,14-17H2. The van der Waals surface area contributed by atoms with E-state index in [-0.39, 0.29) is 29.7 Å². The molecule has 3 unspecified atom stereocenters. The Morgan fingerprint density at radius 3 is 2.68 bits per heavy atom. The highest BCUT2D eigenvalue weighted by Crippen LogP contribution is 2.35. The summed E-state index contributed by atoms with van der Waals surface area (Å²) in [6.07, 6.45) is 3.81. The van der Waals surface area contributed by atoms with Gasteiger partial charge < -0.3 is 4.90 Å². The largest absolute Gasteiger partial charge is 0.312 e. The van der Waals surface area contributed by atoms with Crippen LogP contribution < -0.4 is 15.3 Å². The molecule has 1 N–H and O–H groups in total. The number of anilines is 2. The van der Waals surface area contributed by atoms with Crippen molar-refractivity contribution in [3.05, 3.63) is 72.8 Å². The second-order valence-electron chi connectivity index (χ2n) is 8.61. The highest BCUT2D eigenvalue weighted by Gasteiger charge is 2.51. The zero-order valence-electron chi connectivity index (χ0n) is 17.6. The van der Waals surface area contributed by atoms with Gasteiger partial charge in [0, 0.05) is 31.9 Å². The molecular formula is C25H28N4O2. The van der Waals surface area contributed by atoms with Crippen LogP contribution in [0.5, 0.6) is 0 Å². The van der Waals surface area contributed by atoms with E-state index in [9.17, 15) is 9.59 Å². The maximum absolute atomic E-state index is 13.9. The molecule has 31 heavy (non-hydrogen) atoms. The van der Waals surface area contributed by atoms with Crippen LogP contribution >= 0.6 is 0 Å². The predicted octanol–water partition coefficient (Wildman–Crippen LogP) is 2.62. The van der Waals surface area contributed by atoms with Crippen LogP contribution in [-0.2, 0) is 16.0 Å². The number of para-hydroxylation sites is 2. The average Bonchev–Trinajstić information content (AvgIpc) is 3.15. The Balaban J connectivity index is 1.46. The number of hydrogen-bond donors (Lipinski definition) is 1. The first kappa shape index (κ1) is 20.0. The number of hydrogen-bond acceptors (Lipinski definition) is 4. The molecule has 2 saturated heterocycles. The number of rotatable bonds is 4. The Kier molecular flexibility index (Phi) is 5.34. The highest BCUT2D eigenvalue weighted by atomic mass is 16.2. The molecule has 3 atom stereocenters. The van der Waals surface area contributed by atoms with Gasteiger partial charge in [-0.05, 0) is 36.6 Å².